The molecule has 1 aliphatic heterocycles. The first kappa shape index (κ1) is 17.6. The van der Waals surface area contributed by atoms with E-state index in [4.69, 9.17) is 9.47 Å². The molecule has 1 N–H and O–H groups in total. The first-order valence-corrected chi connectivity index (χ1v) is 8.92. The number of halogens is 1. The van der Waals surface area contributed by atoms with Gasteiger partial charge in [0.1, 0.15) is 0 Å². The van der Waals surface area contributed by atoms with Gasteiger partial charge in [0.2, 0.25) is 0 Å². The Hall–Kier alpha value is -0.780. The minimum atomic E-state index is 0.632. The lowest BCUT2D eigenvalue weighted by Gasteiger charge is -2.23. The molecule has 5 heteroatoms. The number of rotatable bonds is 8. The van der Waals surface area contributed by atoms with Crippen molar-refractivity contribution < 1.29 is 9.47 Å². The van der Waals surface area contributed by atoms with Crippen LogP contribution in [0.1, 0.15) is 32.3 Å². The van der Waals surface area contributed by atoms with Crippen LogP contribution in [0.25, 0.3) is 0 Å². The lowest BCUT2D eigenvalue weighted by molar-refractivity contribution is 0.260. The van der Waals surface area contributed by atoms with E-state index in [2.05, 4.69) is 45.2 Å². The maximum absolute atomic E-state index is 5.67. The molecule has 4 nitrogen and oxygen atoms in total. The summed E-state index contributed by atoms with van der Waals surface area (Å²) in [5.41, 5.74) is 1.21. The Morgan fingerprint density at radius 2 is 2.18 bits per heavy atom. The van der Waals surface area contributed by atoms with Gasteiger partial charge in [0.15, 0.2) is 11.5 Å². The van der Waals surface area contributed by atoms with E-state index in [1.807, 2.05) is 6.92 Å². The topological polar surface area (TPSA) is 33.7 Å². The van der Waals surface area contributed by atoms with Crippen molar-refractivity contribution in [1.29, 1.82) is 0 Å². The molecule has 1 fully saturated rings. The SMILES string of the molecule is CCOc1cc(CNCC2CCCN2CC)cc(Br)c1OC. The van der Waals surface area contributed by atoms with Gasteiger partial charge in [0.25, 0.3) is 0 Å². The third-order valence-electron chi connectivity index (χ3n) is 4.19. The number of benzene rings is 1. The van der Waals surface area contributed by atoms with Crippen molar-refractivity contribution in [2.75, 3.05) is 33.4 Å². The molecule has 1 heterocycles. The number of likely N-dealkylation sites (tertiary alicyclic amines) is 1. The van der Waals surface area contributed by atoms with Crippen LogP contribution in [0.15, 0.2) is 16.6 Å². The van der Waals surface area contributed by atoms with Crippen molar-refractivity contribution in [3.63, 3.8) is 0 Å². The van der Waals surface area contributed by atoms with Crippen molar-refractivity contribution in [2.45, 2.75) is 39.3 Å². The summed E-state index contributed by atoms with van der Waals surface area (Å²) < 4.78 is 12.0. The highest BCUT2D eigenvalue weighted by molar-refractivity contribution is 9.10. The number of methoxy groups -OCH3 is 1. The molecule has 0 aromatic heterocycles. The number of nitrogens with one attached hydrogen (secondary N) is 1. The summed E-state index contributed by atoms with van der Waals surface area (Å²) in [6.45, 7) is 9.14. The molecule has 0 amide bonds. The summed E-state index contributed by atoms with van der Waals surface area (Å²) in [4.78, 5) is 2.56. The van der Waals surface area contributed by atoms with Crippen molar-refractivity contribution in [3.05, 3.63) is 22.2 Å². The van der Waals surface area contributed by atoms with Crippen LogP contribution in [0.5, 0.6) is 11.5 Å². The van der Waals surface area contributed by atoms with Crippen LogP contribution in [0.3, 0.4) is 0 Å². The maximum Gasteiger partial charge on any atom is 0.174 e. The van der Waals surface area contributed by atoms with Gasteiger partial charge in [-0.25, -0.2) is 0 Å². The van der Waals surface area contributed by atoms with Crippen molar-refractivity contribution in [1.82, 2.24) is 10.2 Å². The quantitative estimate of drug-likeness (QED) is 0.759. The lowest BCUT2D eigenvalue weighted by atomic mass is 10.1. The smallest absolute Gasteiger partial charge is 0.174 e. The fourth-order valence-corrected chi connectivity index (χ4v) is 3.76. The Labute approximate surface area is 142 Å². The average Bonchev–Trinajstić information content (AvgIpc) is 2.95. The van der Waals surface area contributed by atoms with E-state index < -0.39 is 0 Å². The molecule has 0 spiro atoms. The highest BCUT2D eigenvalue weighted by Gasteiger charge is 2.22. The van der Waals surface area contributed by atoms with Crippen LogP contribution in [0.2, 0.25) is 0 Å². The molecular formula is C17H27BrN2O2. The van der Waals surface area contributed by atoms with Gasteiger partial charge in [-0.2, -0.15) is 0 Å². The predicted octanol–water partition coefficient (Wildman–Crippen LogP) is 3.43. The van der Waals surface area contributed by atoms with E-state index in [1.54, 1.807) is 7.11 Å². The second-order valence-corrected chi connectivity index (χ2v) is 6.45. The summed E-state index contributed by atoms with van der Waals surface area (Å²) in [6, 6.07) is 4.84. The zero-order valence-electron chi connectivity index (χ0n) is 13.8. The molecule has 1 atom stereocenters. The van der Waals surface area contributed by atoms with Crippen molar-refractivity contribution in [3.8, 4) is 11.5 Å². The number of hydrogen-bond acceptors (Lipinski definition) is 4. The second kappa shape index (κ2) is 8.75. The summed E-state index contributed by atoms with van der Waals surface area (Å²) in [5.74, 6) is 1.56. The van der Waals surface area contributed by atoms with Crippen LogP contribution in [-0.2, 0) is 6.54 Å². The van der Waals surface area contributed by atoms with Gasteiger partial charge < -0.3 is 14.8 Å². The molecule has 22 heavy (non-hydrogen) atoms. The third-order valence-corrected chi connectivity index (χ3v) is 4.78. The number of hydrogen-bond donors (Lipinski definition) is 1. The van der Waals surface area contributed by atoms with Gasteiger partial charge in [-0.1, -0.05) is 6.92 Å². The largest absolute Gasteiger partial charge is 0.492 e. The molecule has 1 aliphatic rings. The predicted molar refractivity (Wildman–Crippen MR) is 93.8 cm³/mol. The Morgan fingerprint density at radius 1 is 1.36 bits per heavy atom. The van der Waals surface area contributed by atoms with E-state index in [9.17, 15) is 0 Å². The maximum atomic E-state index is 5.67. The molecule has 1 saturated heterocycles. The zero-order chi connectivity index (χ0) is 15.9. The summed E-state index contributed by atoms with van der Waals surface area (Å²) in [7, 11) is 1.67. The van der Waals surface area contributed by atoms with E-state index in [0.29, 0.717) is 12.6 Å². The van der Waals surface area contributed by atoms with E-state index in [-0.39, 0.29) is 0 Å². The molecule has 1 unspecified atom stereocenters. The van der Waals surface area contributed by atoms with Gasteiger partial charge in [-0.15, -0.1) is 0 Å². The fraction of sp³-hybridized carbons (Fsp3) is 0.647. The second-order valence-electron chi connectivity index (χ2n) is 5.60. The standard InChI is InChI=1S/C17H27BrN2O2/c1-4-20-8-6-7-14(20)12-19-11-13-9-15(18)17(21-3)16(10-13)22-5-2/h9-10,14,19H,4-8,11-12H2,1-3H3. The summed E-state index contributed by atoms with van der Waals surface area (Å²) >= 11 is 3.57. The van der Waals surface area contributed by atoms with Gasteiger partial charge in [-0.3, -0.25) is 4.90 Å². The molecule has 0 aliphatic carbocycles. The minimum absolute atomic E-state index is 0.632. The first-order valence-electron chi connectivity index (χ1n) is 8.13. The van der Waals surface area contributed by atoms with Crippen molar-refractivity contribution >= 4 is 15.9 Å². The third kappa shape index (κ3) is 4.37. The van der Waals surface area contributed by atoms with Crippen LogP contribution in [-0.4, -0.2) is 44.3 Å². The highest BCUT2D eigenvalue weighted by atomic mass is 79.9. The Bertz CT molecular complexity index is 482. The van der Waals surface area contributed by atoms with Crippen molar-refractivity contribution in [2.24, 2.45) is 0 Å². The summed E-state index contributed by atoms with van der Waals surface area (Å²) in [5, 5.41) is 3.58. The fourth-order valence-electron chi connectivity index (χ4n) is 3.11. The molecule has 124 valence electrons. The number of ether oxygens (including phenoxy) is 2. The first-order chi connectivity index (χ1) is 10.7. The molecule has 2 rings (SSSR count). The molecule has 1 aromatic rings. The Morgan fingerprint density at radius 3 is 2.86 bits per heavy atom. The number of nitrogens with zero attached hydrogens (tertiary/aromatic N) is 1. The summed E-state index contributed by atoms with van der Waals surface area (Å²) in [6.07, 6.45) is 2.63. The average molecular weight is 371 g/mol. The van der Waals surface area contributed by atoms with E-state index >= 15 is 0 Å². The molecule has 0 saturated carbocycles. The molecule has 1 aromatic carbocycles. The zero-order valence-corrected chi connectivity index (χ0v) is 15.4. The van der Waals surface area contributed by atoms with Gasteiger partial charge in [0, 0.05) is 19.1 Å². The number of likely N-dealkylation sites (N-methyl/N-ethyl adjacent to an activating group) is 1. The van der Waals surface area contributed by atoms with Gasteiger partial charge in [-0.05, 0) is 66.5 Å². The van der Waals surface area contributed by atoms with Crippen LogP contribution in [0.4, 0.5) is 0 Å². The highest BCUT2D eigenvalue weighted by Crippen LogP contribution is 2.36. The monoisotopic (exact) mass is 370 g/mol. The Balaban J connectivity index is 1.95. The normalized spacial score (nSPS) is 18.6. The molecular weight excluding hydrogens is 344 g/mol. The van der Waals surface area contributed by atoms with Gasteiger partial charge in [0.05, 0.1) is 18.2 Å². The van der Waals surface area contributed by atoms with Crippen LogP contribution < -0.4 is 14.8 Å². The molecule has 0 radical (unpaired) electrons. The Kier molecular flexibility index (Phi) is 6.99. The minimum Gasteiger partial charge on any atom is -0.492 e. The van der Waals surface area contributed by atoms with Gasteiger partial charge >= 0.3 is 0 Å². The van der Waals surface area contributed by atoms with Crippen LogP contribution in [0, 0.1) is 0 Å². The van der Waals surface area contributed by atoms with E-state index in [0.717, 1.165) is 35.6 Å². The lowest BCUT2D eigenvalue weighted by Crippen LogP contribution is -2.37. The molecule has 0 bridgehead atoms. The van der Waals surface area contributed by atoms with Crippen LogP contribution >= 0.6 is 15.9 Å². The van der Waals surface area contributed by atoms with E-state index in [1.165, 1.54) is 24.9 Å².